The predicted molar refractivity (Wildman–Crippen MR) is 197 cm³/mol. The Balaban J connectivity index is 1.27. The van der Waals surface area contributed by atoms with Crippen LogP contribution < -0.4 is 0 Å². The average molecular weight is 740 g/mol. The van der Waals surface area contributed by atoms with Gasteiger partial charge in [-0.05, 0) is 75.9 Å². The molecule has 5 heterocycles. The summed E-state index contributed by atoms with van der Waals surface area (Å²) in [4.78, 5) is 14.3. The molecule has 4 saturated heterocycles. The molecular formula is C42H61NO10. The molecule has 2 aliphatic carbocycles. The van der Waals surface area contributed by atoms with Crippen molar-refractivity contribution >= 4 is 11.7 Å². The fraction of sp³-hybridized carbons (Fsp3) is 0.762. The second-order valence-corrected chi connectivity index (χ2v) is 17.0. The van der Waals surface area contributed by atoms with Crippen LogP contribution in [0, 0.1) is 23.7 Å². The number of carbonyl (C=O) groups is 1. The van der Waals surface area contributed by atoms with Crippen LogP contribution in [-0.4, -0.2) is 101 Å². The molecule has 7 aliphatic rings. The molecule has 11 heteroatoms. The van der Waals surface area contributed by atoms with Gasteiger partial charge in [-0.3, -0.25) is 4.79 Å². The minimum absolute atomic E-state index is 0.0122. The summed E-state index contributed by atoms with van der Waals surface area (Å²) in [5, 5.41) is 36.8. The van der Waals surface area contributed by atoms with Crippen molar-refractivity contribution in [2.24, 2.45) is 28.8 Å². The molecule has 0 aromatic heterocycles. The van der Waals surface area contributed by atoms with Crippen LogP contribution in [0.5, 0.6) is 0 Å². The van der Waals surface area contributed by atoms with E-state index in [4.69, 9.17) is 28.4 Å². The number of nitrogens with zero attached hydrogens (tertiary/aromatic N) is 1. The van der Waals surface area contributed by atoms with Gasteiger partial charge in [-0.25, -0.2) is 0 Å². The van der Waals surface area contributed by atoms with Crippen molar-refractivity contribution in [3.8, 4) is 0 Å². The molecule has 0 radical (unpaired) electrons. The lowest BCUT2D eigenvalue weighted by Crippen LogP contribution is -2.57. The molecule has 0 amide bonds. The van der Waals surface area contributed by atoms with Crippen LogP contribution in [0.15, 0.2) is 52.3 Å². The molecule has 11 nitrogen and oxygen atoms in total. The Morgan fingerprint density at radius 2 is 1.79 bits per heavy atom. The largest absolute Gasteiger partial charge is 0.462 e. The lowest BCUT2D eigenvalue weighted by Gasteiger charge is -2.50. The Kier molecular flexibility index (Phi) is 11.7. The van der Waals surface area contributed by atoms with Crippen molar-refractivity contribution in [1.29, 1.82) is 0 Å². The molecule has 1 saturated carbocycles. The van der Waals surface area contributed by atoms with Gasteiger partial charge >= 0.3 is 5.97 Å². The maximum atomic E-state index is 14.3. The molecule has 53 heavy (non-hydrogen) atoms. The van der Waals surface area contributed by atoms with Gasteiger partial charge in [0.2, 0.25) is 0 Å². The van der Waals surface area contributed by atoms with Crippen LogP contribution in [0.3, 0.4) is 0 Å². The summed E-state index contributed by atoms with van der Waals surface area (Å²) in [5.74, 6) is -2.03. The van der Waals surface area contributed by atoms with Gasteiger partial charge in [-0.1, -0.05) is 67.3 Å². The van der Waals surface area contributed by atoms with Gasteiger partial charge in [-0.2, -0.15) is 0 Å². The lowest BCUT2D eigenvalue weighted by molar-refractivity contribution is -0.334. The van der Waals surface area contributed by atoms with Gasteiger partial charge in [0.05, 0.1) is 37.1 Å². The number of aliphatic hydroxyl groups excluding tert-OH is 1. The summed E-state index contributed by atoms with van der Waals surface area (Å²) in [7, 11) is 1.63. The van der Waals surface area contributed by atoms with Crippen LogP contribution in [0.1, 0.15) is 105 Å². The molecule has 0 aromatic rings. The quantitative estimate of drug-likeness (QED) is 0.134. The third-order valence-electron chi connectivity index (χ3n) is 13.5. The van der Waals surface area contributed by atoms with E-state index >= 15 is 0 Å². The highest BCUT2D eigenvalue weighted by Gasteiger charge is 2.60. The van der Waals surface area contributed by atoms with Gasteiger partial charge < -0.3 is 43.8 Å². The van der Waals surface area contributed by atoms with Gasteiger partial charge in [0.25, 0.3) is 0 Å². The van der Waals surface area contributed by atoms with Crippen molar-refractivity contribution in [2.75, 3.05) is 13.7 Å². The first-order valence-corrected chi connectivity index (χ1v) is 20.2. The van der Waals surface area contributed by atoms with E-state index < -0.39 is 47.7 Å². The molecule has 294 valence electrons. The number of esters is 1. The van der Waals surface area contributed by atoms with E-state index in [0.717, 1.165) is 24.8 Å². The van der Waals surface area contributed by atoms with Crippen molar-refractivity contribution in [3.05, 3.63) is 47.1 Å². The first kappa shape index (κ1) is 38.9. The summed E-state index contributed by atoms with van der Waals surface area (Å²) in [6.07, 6.45) is 17.2. The molecule has 5 aliphatic heterocycles. The van der Waals surface area contributed by atoms with E-state index in [2.05, 4.69) is 31.2 Å². The number of methoxy groups -OCH3 is 1. The minimum atomic E-state index is -1.81. The fourth-order valence-electron chi connectivity index (χ4n) is 10.6. The Bertz CT molecular complexity index is 1500. The maximum Gasteiger partial charge on any atom is 0.316 e. The maximum absolute atomic E-state index is 14.3. The molecule has 1 spiro atoms. The molecule has 2 unspecified atom stereocenters. The topological polar surface area (TPSA) is 146 Å². The second-order valence-electron chi connectivity index (χ2n) is 17.0. The molecule has 5 fully saturated rings. The monoisotopic (exact) mass is 739 g/mol. The molecule has 13 atom stereocenters. The van der Waals surface area contributed by atoms with Gasteiger partial charge in [0.15, 0.2) is 5.79 Å². The lowest BCUT2D eigenvalue weighted by atomic mass is 9.71. The highest BCUT2D eigenvalue weighted by molar-refractivity contribution is 6.06. The van der Waals surface area contributed by atoms with Gasteiger partial charge in [0.1, 0.15) is 35.5 Å². The highest BCUT2D eigenvalue weighted by atomic mass is 16.7. The van der Waals surface area contributed by atoms with Gasteiger partial charge in [0, 0.05) is 38.7 Å². The number of allylic oxidation sites excluding steroid dienone is 3. The van der Waals surface area contributed by atoms with E-state index in [1.165, 1.54) is 32.1 Å². The summed E-state index contributed by atoms with van der Waals surface area (Å²) in [6.45, 7) is 7.99. The van der Waals surface area contributed by atoms with Crippen LogP contribution in [0.2, 0.25) is 0 Å². The first-order chi connectivity index (χ1) is 25.5. The number of rotatable bonds is 3. The zero-order valence-electron chi connectivity index (χ0n) is 32.2. The van der Waals surface area contributed by atoms with Crippen molar-refractivity contribution in [3.63, 3.8) is 0 Å². The Morgan fingerprint density at radius 3 is 2.55 bits per heavy atom. The number of fused-ring (bicyclic) bond motifs is 2. The Labute approximate surface area is 314 Å². The highest BCUT2D eigenvalue weighted by Crippen LogP contribution is 2.48. The zero-order chi connectivity index (χ0) is 37.5. The normalized spacial score (nSPS) is 47.8. The standard InChI is InChI=1S/C42H61NO10/c1-24-11-9-14-29-23-49-39-37(43-47)26(3)19-32(42(29,39)46)40(45)51-31-20-30(17-16-25(2)36(24)34-21-35(48-5)38(44)27(4)50-34)52-41(22-31)18-10-15-33(53-41)28-12-7-6-8-13-28/h9,11,14,16,19,24,27-28,30-36,38-39,44,46-47H,6-8,10,12-13,15,17-18,20-23H2,1-5H3/b11-9+,25-16+,29-14+,43-37+/t24-,27-,30+,31-,32-,33-,34?,35-,36?,38-,39+,41+,42+/m0/s1. The van der Waals surface area contributed by atoms with Crippen molar-refractivity contribution in [1.82, 2.24) is 0 Å². The molecule has 3 N–H and O–H groups in total. The number of carbonyl (C=O) groups excluding carboxylic acids is 1. The molecule has 2 bridgehead atoms. The average Bonchev–Trinajstić information content (AvgIpc) is 3.47. The van der Waals surface area contributed by atoms with E-state index in [-0.39, 0.29) is 48.6 Å². The van der Waals surface area contributed by atoms with E-state index in [0.29, 0.717) is 42.7 Å². The number of hydrogen-bond donors (Lipinski definition) is 3. The fourth-order valence-corrected chi connectivity index (χ4v) is 10.6. The van der Waals surface area contributed by atoms with Crippen LogP contribution in [0.25, 0.3) is 0 Å². The molecule has 7 rings (SSSR count). The number of hydrogen-bond acceptors (Lipinski definition) is 11. The Morgan fingerprint density at radius 1 is 1.00 bits per heavy atom. The van der Waals surface area contributed by atoms with Crippen molar-refractivity contribution < 1.29 is 48.6 Å². The van der Waals surface area contributed by atoms with Crippen LogP contribution in [-0.2, 0) is 33.2 Å². The molecule has 0 aromatic carbocycles. The third-order valence-corrected chi connectivity index (χ3v) is 13.5. The van der Waals surface area contributed by atoms with E-state index in [1.807, 2.05) is 19.1 Å². The van der Waals surface area contributed by atoms with Crippen molar-refractivity contribution in [2.45, 2.75) is 165 Å². The smallest absolute Gasteiger partial charge is 0.316 e. The summed E-state index contributed by atoms with van der Waals surface area (Å²) >= 11 is 0. The minimum Gasteiger partial charge on any atom is -0.462 e. The van der Waals surface area contributed by atoms with E-state index in [9.17, 15) is 20.2 Å². The predicted octanol–water partition coefficient (Wildman–Crippen LogP) is 6.10. The number of ether oxygens (including phenoxy) is 6. The summed E-state index contributed by atoms with van der Waals surface area (Å²) in [5.41, 5.74) is 0.594. The van der Waals surface area contributed by atoms with Crippen LogP contribution in [0.4, 0.5) is 0 Å². The van der Waals surface area contributed by atoms with Crippen LogP contribution >= 0.6 is 0 Å². The van der Waals surface area contributed by atoms with E-state index in [1.54, 1.807) is 20.1 Å². The second kappa shape index (κ2) is 16.0. The Hall–Kier alpha value is -2.38. The summed E-state index contributed by atoms with van der Waals surface area (Å²) < 4.78 is 38.8. The van der Waals surface area contributed by atoms with Gasteiger partial charge in [-0.15, -0.1) is 0 Å². The SMILES string of the molecule is CO[C@H]1CC(C2/C(C)=C/C[C@@H]3C[C@@H](C[C@]4(CCC[C@@H](C5CCCCC5)O4)O3)OC(=O)[C@@H]3C=C(C)/C(=N\O)[C@H]4OC/C(=C\C=C\[C@@H]2C)[C@]43O)O[C@@H](C)[C@@H]1O. The number of oxime groups is 1. The number of aliphatic hydroxyl groups is 2. The summed E-state index contributed by atoms with van der Waals surface area (Å²) in [6, 6.07) is 0. The third kappa shape index (κ3) is 7.61. The zero-order valence-corrected chi connectivity index (χ0v) is 32.2. The molecular weight excluding hydrogens is 678 g/mol. The first-order valence-electron chi connectivity index (χ1n) is 20.2.